The summed E-state index contributed by atoms with van der Waals surface area (Å²) in [5.74, 6) is 6.37. The van der Waals surface area contributed by atoms with Crippen molar-refractivity contribution in [3.8, 4) is 0 Å². The summed E-state index contributed by atoms with van der Waals surface area (Å²) < 4.78 is 0. The summed E-state index contributed by atoms with van der Waals surface area (Å²) in [4.78, 5) is 0. The number of hydrogen-bond acceptors (Lipinski definition) is 2. The Morgan fingerprint density at radius 1 is 1.06 bits per heavy atom. The molecule has 0 amide bonds. The predicted molar refractivity (Wildman–Crippen MR) is 66.7 cm³/mol. The maximum absolute atomic E-state index is 5.64. The molecule has 16 heavy (non-hydrogen) atoms. The first-order valence-corrected chi connectivity index (χ1v) is 5.83. The van der Waals surface area contributed by atoms with Crippen molar-refractivity contribution in [3.63, 3.8) is 0 Å². The normalized spacial score (nSPS) is 17.6. The first-order chi connectivity index (χ1) is 7.88. The molecule has 0 saturated heterocycles. The predicted octanol–water partition coefficient (Wildman–Crippen LogP) is 2.75. The van der Waals surface area contributed by atoms with Gasteiger partial charge in [0.15, 0.2) is 0 Å². The zero-order chi connectivity index (χ0) is 11.0. The fourth-order valence-corrected chi connectivity index (χ4v) is 2.34. The summed E-state index contributed by atoms with van der Waals surface area (Å²) in [5, 5.41) is 2.58. The van der Waals surface area contributed by atoms with Crippen LogP contribution in [0, 0.1) is 5.92 Å². The molecule has 1 atom stereocenters. The highest BCUT2D eigenvalue weighted by atomic mass is 15.2. The van der Waals surface area contributed by atoms with E-state index in [2.05, 4.69) is 47.9 Å². The Kier molecular flexibility index (Phi) is 2.39. The van der Waals surface area contributed by atoms with Crippen LogP contribution in [0.15, 0.2) is 42.5 Å². The van der Waals surface area contributed by atoms with Crippen molar-refractivity contribution < 1.29 is 0 Å². The van der Waals surface area contributed by atoms with Crippen LogP contribution in [0.5, 0.6) is 0 Å². The first-order valence-electron chi connectivity index (χ1n) is 5.83. The van der Waals surface area contributed by atoms with Gasteiger partial charge in [-0.25, -0.2) is 0 Å². The molecule has 1 aliphatic rings. The summed E-state index contributed by atoms with van der Waals surface area (Å²) >= 11 is 0. The Labute approximate surface area is 95.4 Å². The summed E-state index contributed by atoms with van der Waals surface area (Å²) in [7, 11) is 0. The van der Waals surface area contributed by atoms with Gasteiger partial charge in [-0.3, -0.25) is 11.3 Å². The van der Waals surface area contributed by atoms with E-state index in [4.69, 9.17) is 5.84 Å². The third kappa shape index (κ3) is 1.70. The largest absolute Gasteiger partial charge is 0.271 e. The first kappa shape index (κ1) is 9.82. The highest BCUT2D eigenvalue weighted by Crippen LogP contribution is 2.40. The highest BCUT2D eigenvalue weighted by molar-refractivity contribution is 5.83. The molecule has 2 aromatic rings. The van der Waals surface area contributed by atoms with Gasteiger partial charge in [0.25, 0.3) is 0 Å². The molecule has 0 bridgehead atoms. The van der Waals surface area contributed by atoms with Crippen molar-refractivity contribution in [2.75, 3.05) is 0 Å². The van der Waals surface area contributed by atoms with Gasteiger partial charge in [0.05, 0.1) is 0 Å². The van der Waals surface area contributed by atoms with Crippen molar-refractivity contribution in [1.82, 2.24) is 5.43 Å². The zero-order valence-electron chi connectivity index (χ0n) is 9.19. The maximum Gasteiger partial charge on any atom is 0.0488 e. The topological polar surface area (TPSA) is 38.0 Å². The minimum absolute atomic E-state index is 0.324. The van der Waals surface area contributed by atoms with Crippen LogP contribution in [0.2, 0.25) is 0 Å². The molecule has 0 radical (unpaired) electrons. The molecular weight excluding hydrogens is 196 g/mol. The number of hydrogen-bond donors (Lipinski definition) is 2. The van der Waals surface area contributed by atoms with Gasteiger partial charge in [0.2, 0.25) is 0 Å². The molecule has 3 N–H and O–H groups in total. The van der Waals surface area contributed by atoms with E-state index in [1.807, 2.05) is 0 Å². The van der Waals surface area contributed by atoms with E-state index in [-0.39, 0.29) is 0 Å². The smallest absolute Gasteiger partial charge is 0.0488 e. The highest BCUT2D eigenvalue weighted by Gasteiger charge is 2.31. The van der Waals surface area contributed by atoms with Gasteiger partial charge in [0, 0.05) is 6.04 Å². The zero-order valence-corrected chi connectivity index (χ0v) is 9.19. The summed E-state index contributed by atoms with van der Waals surface area (Å²) in [6.07, 6.45) is 2.59. The SMILES string of the molecule is NNC(c1ccc2ccccc2c1)C1CC1. The molecule has 2 aromatic carbocycles. The van der Waals surface area contributed by atoms with Crippen molar-refractivity contribution in [1.29, 1.82) is 0 Å². The number of nitrogens with one attached hydrogen (secondary N) is 1. The van der Waals surface area contributed by atoms with Gasteiger partial charge in [-0.2, -0.15) is 0 Å². The van der Waals surface area contributed by atoms with Crippen LogP contribution in [0.4, 0.5) is 0 Å². The molecule has 0 aromatic heterocycles. The van der Waals surface area contributed by atoms with Gasteiger partial charge < -0.3 is 0 Å². The average molecular weight is 212 g/mol. The van der Waals surface area contributed by atoms with E-state index in [0.29, 0.717) is 6.04 Å². The average Bonchev–Trinajstić information content (AvgIpc) is 3.14. The Morgan fingerprint density at radius 3 is 2.50 bits per heavy atom. The Balaban J connectivity index is 2.03. The minimum atomic E-state index is 0.324. The van der Waals surface area contributed by atoms with Crippen molar-refractivity contribution in [2.45, 2.75) is 18.9 Å². The van der Waals surface area contributed by atoms with Crippen molar-refractivity contribution >= 4 is 10.8 Å². The third-order valence-electron chi connectivity index (χ3n) is 3.41. The van der Waals surface area contributed by atoms with Crippen LogP contribution in [-0.4, -0.2) is 0 Å². The molecule has 0 heterocycles. The van der Waals surface area contributed by atoms with E-state index < -0.39 is 0 Å². The standard InChI is InChI=1S/C14H16N2/c15-16-14(11-6-7-11)13-8-5-10-3-1-2-4-12(10)9-13/h1-5,8-9,11,14,16H,6-7,15H2. The minimum Gasteiger partial charge on any atom is -0.271 e. The molecule has 3 rings (SSSR count). The fourth-order valence-electron chi connectivity index (χ4n) is 2.34. The van der Waals surface area contributed by atoms with Crippen LogP contribution in [-0.2, 0) is 0 Å². The van der Waals surface area contributed by atoms with Gasteiger partial charge in [-0.1, -0.05) is 36.4 Å². The Morgan fingerprint density at radius 2 is 1.81 bits per heavy atom. The molecule has 1 fully saturated rings. The van der Waals surface area contributed by atoms with Gasteiger partial charge in [0.1, 0.15) is 0 Å². The second-order valence-electron chi connectivity index (χ2n) is 4.59. The lowest BCUT2D eigenvalue weighted by Crippen LogP contribution is -2.29. The van der Waals surface area contributed by atoms with E-state index in [1.54, 1.807) is 0 Å². The number of nitrogens with two attached hydrogens (primary N) is 1. The van der Waals surface area contributed by atoms with Gasteiger partial charge in [-0.05, 0) is 41.2 Å². The van der Waals surface area contributed by atoms with Crippen LogP contribution in [0.3, 0.4) is 0 Å². The van der Waals surface area contributed by atoms with Crippen LogP contribution in [0.25, 0.3) is 10.8 Å². The van der Waals surface area contributed by atoms with E-state index in [0.717, 1.165) is 5.92 Å². The van der Waals surface area contributed by atoms with Crippen molar-refractivity contribution in [3.05, 3.63) is 48.0 Å². The maximum atomic E-state index is 5.64. The molecule has 1 saturated carbocycles. The fraction of sp³-hybridized carbons (Fsp3) is 0.286. The summed E-state index contributed by atoms with van der Waals surface area (Å²) in [6.45, 7) is 0. The summed E-state index contributed by atoms with van der Waals surface area (Å²) in [5.41, 5.74) is 4.25. The summed E-state index contributed by atoms with van der Waals surface area (Å²) in [6, 6.07) is 15.4. The monoisotopic (exact) mass is 212 g/mol. The number of benzene rings is 2. The van der Waals surface area contributed by atoms with E-state index in [1.165, 1.54) is 29.2 Å². The lowest BCUT2D eigenvalue weighted by molar-refractivity contribution is 0.497. The third-order valence-corrected chi connectivity index (χ3v) is 3.41. The molecule has 82 valence electrons. The van der Waals surface area contributed by atoms with Crippen LogP contribution >= 0.6 is 0 Å². The number of hydrazine groups is 1. The molecule has 0 spiro atoms. The second kappa shape index (κ2) is 3.89. The Hall–Kier alpha value is -1.38. The molecular formula is C14H16N2. The quantitative estimate of drug-likeness (QED) is 0.606. The number of fused-ring (bicyclic) bond motifs is 1. The van der Waals surface area contributed by atoms with E-state index in [9.17, 15) is 0 Å². The van der Waals surface area contributed by atoms with Crippen molar-refractivity contribution in [2.24, 2.45) is 11.8 Å². The second-order valence-corrected chi connectivity index (χ2v) is 4.59. The van der Waals surface area contributed by atoms with Crippen LogP contribution in [0.1, 0.15) is 24.4 Å². The molecule has 2 heteroatoms. The van der Waals surface area contributed by atoms with Crippen LogP contribution < -0.4 is 11.3 Å². The molecule has 1 unspecified atom stereocenters. The number of rotatable bonds is 3. The lowest BCUT2D eigenvalue weighted by atomic mass is 9.99. The molecule has 0 aliphatic heterocycles. The van der Waals surface area contributed by atoms with Gasteiger partial charge in [-0.15, -0.1) is 0 Å². The molecule has 1 aliphatic carbocycles. The van der Waals surface area contributed by atoms with E-state index >= 15 is 0 Å². The molecule has 2 nitrogen and oxygen atoms in total. The Bertz CT molecular complexity index is 503. The lowest BCUT2D eigenvalue weighted by Gasteiger charge is -2.15. The van der Waals surface area contributed by atoms with Gasteiger partial charge >= 0.3 is 0 Å².